The van der Waals surface area contributed by atoms with Gasteiger partial charge in [0, 0.05) is 19.0 Å². The predicted octanol–water partition coefficient (Wildman–Crippen LogP) is 2.10. The lowest BCUT2D eigenvalue weighted by molar-refractivity contribution is -0.142. The minimum atomic E-state index is -0.114. The van der Waals surface area contributed by atoms with E-state index in [0.717, 1.165) is 19.5 Å². The number of hydrogen-bond acceptors (Lipinski definition) is 4. The van der Waals surface area contributed by atoms with Crippen molar-refractivity contribution in [3.8, 4) is 6.07 Å². The average molecular weight is 250 g/mol. The van der Waals surface area contributed by atoms with Gasteiger partial charge >= 0.3 is 5.97 Å². The van der Waals surface area contributed by atoms with Crippen molar-refractivity contribution in [3.05, 3.63) is 0 Å². The zero-order chi connectivity index (χ0) is 13.0. The Balaban J connectivity index is 1.91. The van der Waals surface area contributed by atoms with Crippen molar-refractivity contribution >= 4 is 5.97 Å². The van der Waals surface area contributed by atoms with Crippen molar-refractivity contribution in [3.63, 3.8) is 0 Å². The number of hydrogen-bond donors (Lipinski definition) is 0. The summed E-state index contributed by atoms with van der Waals surface area (Å²) in [7, 11) is 1.45. The molecule has 2 aliphatic rings. The van der Waals surface area contributed by atoms with Gasteiger partial charge in [-0.3, -0.25) is 9.69 Å². The third kappa shape index (κ3) is 3.23. The molecular formula is C14H22N2O2. The molecule has 0 aromatic rings. The number of nitrogens with zero attached hydrogens (tertiary/aromatic N) is 2. The van der Waals surface area contributed by atoms with Gasteiger partial charge in [-0.25, -0.2) is 0 Å². The van der Waals surface area contributed by atoms with Crippen molar-refractivity contribution in [2.45, 2.75) is 51.0 Å². The molecule has 0 N–H and O–H groups in total. The molecule has 1 heterocycles. The van der Waals surface area contributed by atoms with Gasteiger partial charge in [-0.2, -0.15) is 5.26 Å². The Hall–Kier alpha value is -1.08. The van der Waals surface area contributed by atoms with Gasteiger partial charge in [0.15, 0.2) is 0 Å². The molecule has 0 radical (unpaired) electrons. The molecule has 1 aliphatic heterocycles. The topological polar surface area (TPSA) is 53.3 Å². The van der Waals surface area contributed by atoms with Gasteiger partial charge in [0.2, 0.25) is 0 Å². The Labute approximate surface area is 109 Å². The standard InChI is InChI=1S/C14H22N2O2/c1-18-13(17)10-12-4-2-3-9-16(12)11-14(5-6-14)7-8-15/h12H,2-7,9-11H2,1H3. The lowest BCUT2D eigenvalue weighted by atomic mass is 9.95. The summed E-state index contributed by atoms with van der Waals surface area (Å²) >= 11 is 0. The number of esters is 1. The molecular weight excluding hydrogens is 228 g/mol. The molecule has 0 spiro atoms. The minimum absolute atomic E-state index is 0.114. The van der Waals surface area contributed by atoms with E-state index in [9.17, 15) is 4.79 Å². The highest BCUT2D eigenvalue weighted by Gasteiger charge is 2.45. The van der Waals surface area contributed by atoms with E-state index in [1.54, 1.807) is 0 Å². The van der Waals surface area contributed by atoms with Crippen molar-refractivity contribution in [1.29, 1.82) is 5.26 Å². The molecule has 1 unspecified atom stereocenters. The van der Waals surface area contributed by atoms with Gasteiger partial charge in [-0.1, -0.05) is 6.42 Å². The van der Waals surface area contributed by atoms with Crippen molar-refractivity contribution in [1.82, 2.24) is 4.90 Å². The molecule has 0 amide bonds. The Morgan fingerprint density at radius 2 is 2.28 bits per heavy atom. The van der Waals surface area contributed by atoms with Gasteiger partial charge < -0.3 is 4.74 Å². The summed E-state index contributed by atoms with van der Waals surface area (Å²) in [5.41, 5.74) is 0.237. The first-order valence-corrected chi connectivity index (χ1v) is 6.87. The second-order valence-electron chi connectivity index (χ2n) is 5.74. The summed E-state index contributed by atoms with van der Waals surface area (Å²) in [6.07, 6.45) is 6.99. The number of ether oxygens (including phenoxy) is 1. The molecule has 1 aliphatic carbocycles. The highest BCUT2D eigenvalue weighted by Crippen LogP contribution is 2.49. The molecule has 0 aromatic heterocycles. The number of methoxy groups -OCH3 is 1. The minimum Gasteiger partial charge on any atom is -0.469 e. The molecule has 0 bridgehead atoms. The van der Waals surface area contributed by atoms with Crippen LogP contribution in [0.5, 0.6) is 0 Å². The quantitative estimate of drug-likeness (QED) is 0.701. The zero-order valence-electron chi connectivity index (χ0n) is 11.2. The maximum absolute atomic E-state index is 11.4. The summed E-state index contributed by atoms with van der Waals surface area (Å²) in [4.78, 5) is 13.9. The first-order valence-electron chi connectivity index (χ1n) is 6.87. The number of likely N-dealkylation sites (tertiary alicyclic amines) is 1. The molecule has 1 atom stereocenters. The van der Waals surface area contributed by atoms with E-state index in [4.69, 9.17) is 10.00 Å². The van der Waals surface area contributed by atoms with E-state index >= 15 is 0 Å². The van der Waals surface area contributed by atoms with Crippen LogP contribution in [-0.4, -0.2) is 37.1 Å². The summed E-state index contributed by atoms with van der Waals surface area (Å²) in [5, 5.41) is 8.88. The molecule has 0 aromatic carbocycles. The average Bonchev–Trinajstić information content (AvgIpc) is 3.12. The van der Waals surface area contributed by atoms with Gasteiger partial charge in [0.25, 0.3) is 0 Å². The Morgan fingerprint density at radius 3 is 2.89 bits per heavy atom. The van der Waals surface area contributed by atoms with Crippen LogP contribution in [0.2, 0.25) is 0 Å². The normalized spacial score (nSPS) is 26.3. The molecule has 1 saturated carbocycles. The molecule has 2 fully saturated rings. The van der Waals surface area contributed by atoms with Gasteiger partial charge in [-0.05, 0) is 37.6 Å². The van der Waals surface area contributed by atoms with Crippen LogP contribution >= 0.6 is 0 Å². The first kappa shape index (κ1) is 13.4. The van der Waals surface area contributed by atoms with Crippen molar-refractivity contribution in [2.24, 2.45) is 5.41 Å². The van der Waals surface area contributed by atoms with E-state index in [-0.39, 0.29) is 11.4 Å². The molecule has 2 rings (SSSR count). The second kappa shape index (κ2) is 5.71. The molecule has 18 heavy (non-hydrogen) atoms. The van der Waals surface area contributed by atoms with Crippen LogP contribution in [0.15, 0.2) is 0 Å². The van der Waals surface area contributed by atoms with Crippen molar-refractivity contribution in [2.75, 3.05) is 20.2 Å². The number of rotatable bonds is 5. The van der Waals surface area contributed by atoms with Crippen LogP contribution in [-0.2, 0) is 9.53 Å². The lowest BCUT2D eigenvalue weighted by Gasteiger charge is -2.37. The fourth-order valence-electron chi connectivity index (χ4n) is 2.94. The summed E-state index contributed by atoms with van der Waals surface area (Å²) < 4.78 is 4.78. The third-order valence-electron chi connectivity index (χ3n) is 4.33. The summed E-state index contributed by atoms with van der Waals surface area (Å²) in [6.45, 7) is 2.05. The van der Waals surface area contributed by atoms with Crippen LogP contribution in [0.3, 0.4) is 0 Å². The molecule has 4 heteroatoms. The van der Waals surface area contributed by atoms with Gasteiger partial charge in [0.05, 0.1) is 19.6 Å². The van der Waals surface area contributed by atoms with Gasteiger partial charge in [0.1, 0.15) is 0 Å². The molecule has 1 saturated heterocycles. The van der Waals surface area contributed by atoms with Crippen LogP contribution in [0.4, 0.5) is 0 Å². The SMILES string of the molecule is COC(=O)CC1CCCCN1CC1(CC#N)CC1. The predicted molar refractivity (Wildman–Crippen MR) is 67.7 cm³/mol. The fourth-order valence-corrected chi connectivity index (χ4v) is 2.94. The van der Waals surface area contributed by atoms with E-state index in [2.05, 4.69) is 11.0 Å². The van der Waals surface area contributed by atoms with Gasteiger partial charge in [-0.15, -0.1) is 0 Å². The maximum Gasteiger partial charge on any atom is 0.307 e. The third-order valence-corrected chi connectivity index (χ3v) is 4.33. The van der Waals surface area contributed by atoms with E-state index < -0.39 is 0 Å². The molecule has 100 valence electrons. The van der Waals surface area contributed by atoms with E-state index in [1.807, 2.05) is 0 Å². The first-order chi connectivity index (χ1) is 8.69. The van der Waals surface area contributed by atoms with Crippen LogP contribution in [0.1, 0.15) is 44.9 Å². The highest BCUT2D eigenvalue weighted by atomic mass is 16.5. The Kier molecular flexibility index (Phi) is 4.23. The smallest absolute Gasteiger partial charge is 0.307 e. The fraction of sp³-hybridized carbons (Fsp3) is 0.857. The van der Waals surface area contributed by atoms with E-state index in [0.29, 0.717) is 18.9 Å². The second-order valence-corrected chi connectivity index (χ2v) is 5.74. The molecule has 4 nitrogen and oxygen atoms in total. The Morgan fingerprint density at radius 1 is 1.50 bits per heavy atom. The number of nitriles is 1. The summed E-state index contributed by atoms with van der Waals surface area (Å²) in [6, 6.07) is 2.63. The van der Waals surface area contributed by atoms with E-state index in [1.165, 1.54) is 32.8 Å². The maximum atomic E-state index is 11.4. The summed E-state index contributed by atoms with van der Waals surface area (Å²) in [5.74, 6) is -0.114. The Bertz CT molecular complexity index is 344. The van der Waals surface area contributed by atoms with Crippen molar-refractivity contribution < 1.29 is 9.53 Å². The zero-order valence-corrected chi connectivity index (χ0v) is 11.2. The number of piperidine rings is 1. The van der Waals surface area contributed by atoms with Crippen LogP contribution in [0.25, 0.3) is 0 Å². The lowest BCUT2D eigenvalue weighted by Crippen LogP contribution is -2.44. The largest absolute Gasteiger partial charge is 0.469 e. The monoisotopic (exact) mass is 250 g/mol. The van der Waals surface area contributed by atoms with Crippen LogP contribution in [0, 0.1) is 16.7 Å². The highest BCUT2D eigenvalue weighted by molar-refractivity contribution is 5.69. The van der Waals surface area contributed by atoms with Crippen LogP contribution < -0.4 is 0 Å². The number of carbonyl (C=O) groups is 1. The number of carbonyl (C=O) groups excluding carboxylic acids is 1.